The number of aromatic hydroxyl groups is 2. The van der Waals surface area contributed by atoms with E-state index in [1.165, 1.54) is 24.5 Å². The number of aryl methyl sites for hydroxylation is 1. The molecule has 0 saturated heterocycles. The number of hydrogen-bond donors (Lipinski definition) is 3. The maximum atomic E-state index is 11.8. The number of rotatable bonds is 3. The van der Waals surface area contributed by atoms with Gasteiger partial charge in [-0.1, -0.05) is 0 Å². The van der Waals surface area contributed by atoms with Crippen LogP contribution >= 0.6 is 0 Å². The third kappa shape index (κ3) is 2.80. The first-order valence-electron chi connectivity index (χ1n) is 5.90. The fraction of sp³-hybridized carbons (Fsp3) is 0.143. The molecule has 3 N–H and O–H groups in total. The maximum absolute atomic E-state index is 11.8. The Kier molecular flexibility index (Phi) is 3.74. The van der Waals surface area contributed by atoms with Crippen molar-refractivity contribution in [2.24, 2.45) is 5.10 Å². The molecule has 1 aromatic carbocycles. The van der Waals surface area contributed by atoms with Crippen molar-refractivity contribution in [3.8, 4) is 11.5 Å². The van der Waals surface area contributed by atoms with E-state index in [0.717, 1.165) is 0 Å². The lowest BCUT2D eigenvalue weighted by molar-refractivity contribution is 0.0953. The number of nitrogens with one attached hydrogen (secondary N) is 1. The summed E-state index contributed by atoms with van der Waals surface area (Å²) in [6.07, 6.45) is 1.42. The highest BCUT2D eigenvalue weighted by molar-refractivity contribution is 6.03. The van der Waals surface area contributed by atoms with Crippen molar-refractivity contribution in [3.63, 3.8) is 0 Å². The molecule has 6 nitrogen and oxygen atoms in total. The average Bonchev–Trinajstić information content (AvgIpc) is 2.84. The highest BCUT2D eigenvalue weighted by atomic mass is 16.3. The molecular weight excluding hydrogens is 260 g/mol. The molecule has 0 fully saturated rings. The molecule has 0 aliphatic heterocycles. The lowest BCUT2D eigenvalue weighted by Crippen LogP contribution is -2.19. The van der Waals surface area contributed by atoms with Crippen LogP contribution in [0.3, 0.4) is 0 Å². The second-order valence-corrected chi connectivity index (χ2v) is 4.23. The summed E-state index contributed by atoms with van der Waals surface area (Å²) < 4.78 is 5.03. The second kappa shape index (κ2) is 5.48. The van der Waals surface area contributed by atoms with Crippen LogP contribution in [-0.2, 0) is 0 Å². The molecule has 6 heteroatoms. The van der Waals surface area contributed by atoms with E-state index in [0.29, 0.717) is 22.6 Å². The third-order valence-corrected chi connectivity index (χ3v) is 2.80. The monoisotopic (exact) mass is 274 g/mol. The van der Waals surface area contributed by atoms with Gasteiger partial charge < -0.3 is 14.6 Å². The SMILES string of the molecule is CC(=NNC(=O)c1ccoc1C)c1cc(O)ccc1O. The highest BCUT2D eigenvalue weighted by Gasteiger charge is 2.11. The number of phenolic OH excluding ortho intramolecular Hbond substituents is 2. The molecule has 20 heavy (non-hydrogen) atoms. The Morgan fingerprint density at radius 2 is 2.00 bits per heavy atom. The molecule has 0 aliphatic carbocycles. The third-order valence-electron chi connectivity index (χ3n) is 2.80. The van der Waals surface area contributed by atoms with Crippen LogP contribution in [0.1, 0.15) is 28.6 Å². The van der Waals surface area contributed by atoms with E-state index < -0.39 is 5.91 Å². The van der Waals surface area contributed by atoms with Crippen LogP contribution in [-0.4, -0.2) is 21.8 Å². The van der Waals surface area contributed by atoms with Gasteiger partial charge in [0.15, 0.2) is 0 Å². The number of amides is 1. The quantitative estimate of drug-likeness (QED) is 0.454. The first-order valence-corrected chi connectivity index (χ1v) is 5.90. The van der Waals surface area contributed by atoms with Gasteiger partial charge in [-0.25, -0.2) is 5.43 Å². The van der Waals surface area contributed by atoms with Gasteiger partial charge in [0.05, 0.1) is 17.5 Å². The summed E-state index contributed by atoms with van der Waals surface area (Å²) in [6, 6.07) is 5.62. The van der Waals surface area contributed by atoms with Crippen molar-refractivity contribution in [1.29, 1.82) is 0 Å². The Labute approximate surface area is 115 Å². The molecule has 104 valence electrons. The number of carbonyl (C=O) groups is 1. The predicted octanol–water partition coefficient (Wildman–Crippen LogP) is 2.15. The molecule has 1 amide bonds. The predicted molar refractivity (Wildman–Crippen MR) is 72.9 cm³/mol. The Bertz CT molecular complexity index is 674. The van der Waals surface area contributed by atoms with E-state index in [1.54, 1.807) is 19.9 Å². The van der Waals surface area contributed by atoms with E-state index in [-0.39, 0.29) is 11.5 Å². The van der Waals surface area contributed by atoms with Crippen LogP contribution in [0.5, 0.6) is 11.5 Å². The van der Waals surface area contributed by atoms with Crippen LogP contribution < -0.4 is 5.43 Å². The smallest absolute Gasteiger partial charge is 0.274 e. The number of nitrogens with zero attached hydrogens (tertiary/aromatic N) is 1. The Morgan fingerprint density at radius 1 is 1.25 bits per heavy atom. The summed E-state index contributed by atoms with van der Waals surface area (Å²) in [7, 11) is 0. The fourth-order valence-corrected chi connectivity index (χ4v) is 1.69. The van der Waals surface area contributed by atoms with Crippen LogP contribution in [0.4, 0.5) is 0 Å². The summed E-state index contributed by atoms with van der Waals surface area (Å²) in [5.41, 5.74) is 3.47. The molecule has 0 unspecified atom stereocenters. The van der Waals surface area contributed by atoms with Gasteiger partial charge in [-0.2, -0.15) is 5.10 Å². The summed E-state index contributed by atoms with van der Waals surface area (Å²) in [4.78, 5) is 11.8. The summed E-state index contributed by atoms with van der Waals surface area (Å²) in [6.45, 7) is 3.28. The first-order chi connectivity index (χ1) is 9.49. The molecule has 1 aromatic heterocycles. The number of furan rings is 1. The zero-order valence-corrected chi connectivity index (χ0v) is 11.0. The zero-order valence-electron chi connectivity index (χ0n) is 11.0. The van der Waals surface area contributed by atoms with Crippen LogP contribution in [0.25, 0.3) is 0 Å². The van der Waals surface area contributed by atoms with E-state index in [9.17, 15) is 15.0 Å². The summed E-state index contributed by atoms with van der Waals surface area (Å²) >= 11 is 0. The zero-order chi connectivity index (χ0) is 14.7. The van der Waals surface area contributed by atoms with Gasteiger partial charge in [0.1, 0.15) is 17.3 Å². The number of phenols is 2. The molecule has 0 radical (unpaired) electrons. The minimum Gasteiger partial charge on any atom is -0.508 e. The van der Waals surface area contributed by atoms with Crippen LogP contribution in [0, 0.1) is 6.92 Å². The molecule has 2 rings (SSSR count). The topological polar surface area (TPSA) is 95.1 Å². The minimum absolute atomic E-state index is 0.00403. The largest absolute Gasteiger partial charge is 0.508 e. The van der Waals surface area contributed by atoms with Gasteiger partial charge in [-0.15, -0.1) is 0 Å². The molecule has 0 saturated carbocycles. The van der Waals surface area contributed by atoms with Gasteiger partial charge in [-0.05, 0) is 38.1 Å². The van der Waals surface area contributed by atoms with Crippen molar-refractivity contribution in [1.82, 2.24) is 5.43 Å². The fourth-order valence-electron chi connectivity index (χ4n) is 1.69. The van der Waals surface area contributed by atoms with E-state index >= 15 is 0 Å². The van der Waals surface area contributed by atoms with Crippen LogP contribution in [0.2, 0.25) is 0 Å². The van der Waals surface area contributed by atoms with Gasteiger partial charge in [0, 0.05) is 5.56 Å². The van der Waals surface area contributed by atoms with Gasteiger partial charge >= 0.3 is 0 Å². The lowest BCUT2D eigenvalue weighted by Gasteiger charge is -2.05. The van der Waals surface area contributed by atoms with Crippen LogP contribution in [0.15, 0.2) is 40.0 Å². The van der Waals surface area contributed by atoms with Crippen molar-refractivity contribution in [2.75, 3.05) is 0 Å². The number of benzene rings is 1. The average molecular weight is 274 g/mol. The maximum Gasteiger partial charge on any atom is 0.274 e. The number of hydrazone groups is 1. The molecule has 0 aliphatic rings. The second-order valence-electron chi connectivity index (χ2n) is 4.23. The molecule has 2 aromatic rings. The highest BCUT2D eigenvalue weighted by Crippen LogP contribution is 2.22. The van der Waals surface area contributed by atoms with Gasteiger partial charge in [0.2, 0.25) is 0 Å². The summed E-state index contributed by atoms with van der Waals surface area (Å²) in [5.74, 6) is 0.0629. The molecular formula is C14H14N2O4. The van der Waals surface area contributed by atoms with Crippen molar-refractivity contribution >= 4 is 11.6 Å². The van der Waals surface area contributed by atoms with Crippen molar-refractivity contribution < 1.29 is 19.4 Å². The standard InChI is InChI=1S/C14H14N2O4/c1-8(12-7-10(17)3-4-13(12)18)15-16-14(19)11-5-6-20-9(11)2/h3-7,17-18H,1-2H3,(H,16,19). The molecule has 0 bridgehead atoms. The van der Waals surface area contributed by atoms with E-state index in [1.807, 2.05) is 0 Å². The van der Waals surface area contributed by atoms with Crippen molar-refractivity contribution in [2.45, 2.75) is 13.8 Å². The Morgan fingerprint density at radius 3 is 2.65 bits per heavy atom. The first kappa shape index (κ1) is 13.7. The molecule has 1 heterocycles. The number of hydrogen-bond acceptors (Lipinski definition) is 5. The van der Waals surface area contributed by atoms with Gasteiger partial charge in [0.25, 0.3) is 5.91 Å². The number of carbonyl (C=O) groups excluding carboxylic acids is 1. The Hall–Kier alpha value is -2.76. The Balaban J connectivity index is 2.17. The van der Waals surface area contributed by atoms with Crippen molar-refractivity contribution in [3.05, 3.63) is 47.4 Å². The summed E-state index contributed by atoms with van der Waals surface area (Å²) in [5, 5.41) is 23.0. The lowest BCUT2D eigenvalue weighted by atomic mass is 10.1. The van der Waals surface area contributed by atoms with E-state index in [2.05, 4.69) is 10.5 Å². The molecule has 0 spiro atoms. The minimum atomic E-state index is -0.407. The normalized spacial score (nSPS) is 11.4. The molecule has 0 atom stereocenters. The van der Waals surface area contributed by atoms with E-state index in [4.69, 9.17) is 4.42 Å². The van der Waals surface area contributed by atoms with Gasteiger partial charge in [-0.3, -0.25) is 4.79 Å².